The largest absolute Gasteiger partial charge is 0.351 e. The molecule has 0 spiro atoms. The smallest absolute Gasteiger partial charge is 0.289 e. The Morgan fingerprint density at radius 3 is 3.12 bits per heavy atom. The lowest BCUT2D eigenvalue weighted by Gasteiger charge is -2.02. The highest BCUT2D eigenvalue weighted by molar-refractivity contribution is 5.91. The van der Waals surface area contributed by atoms with Crippen LogP contribution in [0, 0.1) is 6.92 Å². The highest BCUT2D eigenvalue weighted by atomic mass is 16.5. The molecule has 2 rings (SSSR count). The number of aromatic nitrogens is 3. The van der Waals surface area contributed by atoms with Crippen molar-refractivity contribution in [3.63, 3.8) is 0 Å². The topological polar surface area (TPSA) is 73.0 Å². The molecule has 2 aromatic rings. The van der Waals surface area contributed by atoms with E-state index in [1.807, 2.05) is 10.8 Å². The predicted octanol–water partition coefficient (Wildman–Crippen LogP) is 0.610. The highest BCUT2D eigenvalue weighted by Crippen LogP contribution is 2.01. The number of amides is 1. The van der Waals surface area contributed by atoms with E-state index in [0.717, 1.165) is 0 Å². The van der Waals surface area contributed by atoms with Gasteiger partial charge in [0.05, 0.1) is 12.0 Å². The number of imidazole rings is 1. The lowest BCUT2D eigenvalue weighted by molar-refractivity contribution is 0.0915. The van der Waals surface area contributed by atoms with E-state index >= 15 is 0 Å². The van der Waals surface area contributed by atoms with Crippen molar-refractivity contribution in [2.75, 3.05) is 6.54 Å². The van der Waals surface area contributed by atoms with Gasteiger partial charge in [0.15, 0.2) is 0 Å². The fourth-order valence-corrected chi connectivity index (χ4v) is 1.28. The first kappa shape index (κ1) is 10.4. The van der Waals surface area contributed by atoms with E-state index in [-0.39, 0.29) is 11.7 Å². The van der Waals surface area contributed by atoms with Gasteiger partial charge in [-0.3, -0.25) is 4.79 Å². The van der Waals surface area contributed by atoms with Gasteiger partial charge in [-0.05, 0) is 6.92 Å². The normalized spacial score (nSPS) is 10.3. The molecule has 0 radical (unpaired) electrons. The second-order valence-electron chi connectivity index (χ2n) is 3.39. The monoisotopic (exact) mass is 220 g/mol. The molecule has 0 unspecified atom stereocenters. The Morgan fingerprint density at radius 1 is 1.62 bits per heavy atom. The molecule has 84 valence electrons. The van der Waals surface area contributed by atoms with Crippen molar-refractivity contribution < 1.29 is 9.32 Å². The maximum atomic E-state index is 11.5. The average molecular weight is 220 g/mol. The van der Waals surface area contributed by atoms with Gasteiger partial charge in [-0.2, -0.15) is 0 Å². The van der Waals surface area contributed by atoms with Gasteiger partial charge in [0, 0.05) is 31.5 Å². The van der Waals surface area contributed by atoms with E-state index in [0.29, 0.717) is 18.8 Å². The molecule has 0 aliphatic carbocycles. The summed E-state index contributed by atoms with van der Waals surface area (Å²) in [7, 11) is 0. The van der Waals surface area contributed by atoms with E-state index in [1.54, 1.807) is 25.5 Å². The Bertz CT molecular complexity index is 461. The third-order valence-corrected chi connectivity index (χ3v) is 2.07. The second-order valence-corrected chi connectivity index (χ2v) is 3.39. The molecule has 0 saturated heterocycles. The van der Waals surface area contributed by atoms with Crippen molar-refractivity contribution in [3.05, 3.63) is 36.2 Å². The lowest BCUT2D eigenvalue weighted by atomic mass is 10.3. The van der Waals surface area contributed by atoms with Crippen LogP contribution in [0.2, 0.25) is 0 Å². The summed E-state index contributed by atoms with van der Waals surface area (Å²) >= 11 is 0. The second kappa shape index (κ2) is 4.61. The molecule has 0 aliphatic heterocycles. The fraction of sp³-hybridized carbons (Fsp3) is 0.300. The van der Waals surface area contributed by atoms with Gasteiger partial charge in [-0.25, -0.2) is 4.98 Å². The lowest BCUT2D eigenvalue weighted by Crippen LogP contribution is -2.26. The van der Waals surface area contributed by atoms with Gasteiger partial charge < -0.3 is 14.4 Å². The summed E-state index contributed by atoms with van der Waals surface area (Å²) in [5, 5.41) is 6.37. The van der Waals surface area contributed by atoms with Crippen LogP contribution in [0.3, 0.4) is 0 Å². The summed E-state index contributed by atoms with van der Waals surface area (Å²) in [6, 6.07) is 1.60. The predicted molar refractivity (Wildman–Crippen MR) is 55.8 cm³/mol. The number of rotatable bonds is 4. The van der Waals surface area contributed by atoms with E-state index in [9.17, 15) is 4.79 Å². The van der Waals surface area contributed by atoms with Crippen LogP contribution in [0.4, 0.5) is 0 Å². The third-order valence-electron chi connectivity index (χ3n) is 2.07. The minimum absolute atomic E-state index is 0.239. The van der Waals surface area contributed by atoms with Crippen LogP contribution < -0.4 is 5.32 Å². The van der Waals surface area contributed by atoms with Crippen molar-refractivity contribution in [1.29, 1.82) is 0 Å². The van der Waals surface area contributed by atoms with Crippen molar-refractivity contribution in [2.45, 2.75) is 13.5 Å². The van der Waals surface area contributed by atoms with Crippen molar-refractivity contribution in [2.24, 2.45) is 0 Å². The number of carbonyl (C=O) groups excluding carboxylic acids is 1. The van der Waals surface area contributed by atoms with Crippen LogP contribution in [-0.4, -0.2) is 27.2 Å². The quantitative estimate of drug-likeness (QED) is 0.819. The highest BCUT2D eigenvalue weighted by Gasteiger charge is 2.10. The molecule has 6 nitrogen and oxygen atoms in total. The van der Waals surface area contributed by atoms with Crippen LogP contribution in [0.15, 0.2) is 29.3 Å². The third kappa shape index (κ3) is 2.47. The zero-order chi connectivity index (χ0) is 11.4. The molecule has 0 bridgehead atoms. The van der Waals surface area contributed by atoms with Crippen molar-refractivity contribution in [3.8, 4) is 0 Å². The Kier molecular flexibility index (Phi) is 3.00. The summed E-state index contributed by atoms with van der Waals surface area (Å²) in [6.07, 6.45) is 5.23. The summed E-state index contributed by atoms with van der Waals surface area (Å²) in [4.78, 5) is 15.4. The SMILES string of the molecule is Cc1cc(C(=O)NCCn2ccnc2)on1. The Morgan fingerprint density at radius 2 is 2.50 bits per heavy atom. The summed E-state index contributed by atoms with van der Waals surface area (Å²) < 4.78 is 6.71. The van der Waals surface area contributed by atoms with Crippen LogP contribution in [0.25, 0.3) is 0 Å². The molecule has 0 atom stereocenters. The number of hydrogen-bond acceptors (Lipinski definition) is 4. The number of nitrogens with zero attached hydrogens (tertiary/aromatic N) is 3. The van der Waals surface area contributed by atoms with E-state index in [2.05, 4.69) is 15.5 Å². The molecule has 6 heteroatoms. The minimum atomic E-state index is -0.249. The molecule has 16 heavy (non-hydrogen) atoms. The molecule has 0 aliphatic rings. The molecule has 0 saturated carbocycles. The first-order chi connectivity index (χ1) is 7.75. The van der Waals surface area contributed by atoms with Crippen LogP contribution >= 0.6 is 0 Å². The minimum Gasteiger partial charge on any atom is -0.351 e. The maximum Gasteiger partial charge on any atom is 0.289 e. The Balaban J connectivity index is 1.80. The first-order valence-electron chi connectivity index (χ1n) is 4.93. The number of aryl methyl sites for hydroxylation is 1. The summed E-state index contributed by atoms with van der Waals surface area (Å²) in [5.74, 6) is -0.0103. The maximum absolute atomic E-state index is 11.5. The van der Waals surface area contributed by atoms with Gasteiger partial charge >= 0.3 is 0 Å². The van der Waals surface area contributed by atoms with Gasteiger partial charge in [-0.1, -0.05) is 5.16 Å². The molecular formula is C10H12N4O2. The zero-order valence-electron chi connectivity index (χ0n) is 8.88. The van der Waals surface area contributed by atoms with E-state index < -0.39 is 0 Å². The number of hydrogen-bond donors (Lipinski definition) is 1. The van der Waals surface area contributed by atoms with Crippen molar-refractivity contribution >= 4 is 5.91 Å². The molecule has 1 amide bonds. The Hall–Kier alpha value is -2.11. The summed E-state index contributed by atoms with van der Waals surface area (Å²) in [6.45, 7) is 2.97. The van der Waals surface area contributed by atoms with Crippen molar-refractivity contribution in [1.82, 2.24) is 20.0 Å². The van der Waals surface area contributed by atoms with Gasteiger partial charge in [0.1, 0.15) is 0 Å². The Labute approximate surface area is 92.3 Å². The first-order valence-corrected chi connectivity index (χ1v) is 4.93. The molecule has 2 aromatic heterocycles. The number of carbonyl (C=O) groups is 1. The standard InChI is InChI=1S/C10H12N4O2/c1-8-6-9(16-13-8)10(15)12-3-5-14-4-2-11-7-14/h2,4,6-7H,3,5H2,1H3,(H,12,15). The zero-order valence-corrected chi connectivity index (χ0v) is 8.88. The molecule has 0 aromatic carbocycles. The number of nitrogens with one attached hydrogen (secondary N) is 1. The molecule has 2 heterocycles. The van der Waals surface area contributed by atoms with E-state index in [4.69, 9.17) is 4.52 Å². The summed E-state index contributed by atoms with van der Waals surface area (Å²) in [5.41, 5.74) is 0.694. The molecule has 0 fully saturated rings. The van der Waals surface area contributed by atoms with E-state index in [1.165, 1.54) is 0 Å². The van der Waals surface area contributed by atoms with Gasteiger partial charge in [0.25, 0.3) is 5.91 Å². The van der Waals surface area contributed by atoms with Gasteiger partial charge in [0.2, 0.25) is 5.76 Å². The van der Waals surface area contributed by atoms with Crippen LogP contribution in [0.1, 0.15) is 16.2 Å². The molecular weight excluding hydrogens is 208 g/mol. The average Bonchev–Trinajstić information content (AvgIpc) is 2.89. The van der Waals surface area contributed by atoms with Crippen LogP contribution in [0.5, 0.6) is 0 Å². The fourth-order valence-electron chi connectivity index (χ4n) is 1.28. The molecule has 1 N–H and O–H groups in total. The van der Waals surface area contributed by atoms with Gasteiger partial charge in [-0.15, -0.1) is 0 Å². The van der Waals surface area contributed by atoms with Crippen LogP contribution in [-0.2, 0) is 6.54 Å².